The Labute approximate surface area is 153 Å². The fraction of sp³-hybridized carbons (Fsp3) is 0.611. The van der Waals surface area contributed by atoms with Crippen LogP contribution in [0.1, 0.15) is 51.5 Å². The van der Waals surface area contributed by atoms with Crippen LogP contribution in [0.5, 0.6) is 0 Å². The molecule has 1 fully saturated rings. The summed E-state index contributed by atoms with van der Waals surface area (Å²) < 4.78 is 0. The maximum atomic E-state index is 12.8. The Hall–Kier alpha value is -0.380. The number of carbonyl (C=O) groups is 1. The van der Waals surface area contributed by atoms with Crippen LogP contribution < -0.4 is 0 Å². The highest BCUT2D eigenvalue weighted by Gasteiger charge is 2.33. The van der Waals surface area contributed by atoms with E-state index in [9.17, 15) is 4.79 Å². The number of carbonyl (C=O) groups excluding carboxylic acids is 1. The van der Waals surface area contributed by atoms with Gasteiger partial charge in [0.1, 0.15) is 5.37 Å². The lowest BCUT2D eigenvalue weighted by Crippen LogP contribution is -2.32. The summed E-state index contributed by atoms with van der Waals surface area (Å²) in [7, 11) is 0. The molecule has 1 aromatic carbocycles. The van der Waals surface area contributed by atoms with Gasteiger partial charge < -0.3 is 4.90 Å². The van der Waals surface area contributed by atoms with E-state index in [1.54, 1.807) is 17.8 Å². The predicted molar refractivity (Wildman–Crippen MR) is 101 cm³/mol. The normalized spacial score (nSPS) is 19.9. The summed E-state index contributed by atoms with van der Waals surface area (Å²) in [5.41, 5.74) is 1.19. The van der Waals surface area contributed by atoms with Gasteiger partial charge in [0.05, 0.1) is 10.0 Å². The molecule has 1 heterocycles. The molecule has 0 aliphatic carbocycles. The highest BCUT2D eigenvalue weighted by Crippen LogP contribution is 2.43. The molecule has 0 radical (unpaired) electrons. The van der Waals surface area contributed by atoms with E-state index in [2.05, 4.69) is 27.7 Å². The molecule has 0 bridgehead atoms. The number of rotatable bonds is 4. The number of nitrogens with zero attached hydrogens (tertiary/aromatic N) is 1. The summed E-state index contributed by atoms with van der Waals surface area (Å²) in [6.07, 6.45) is 1.63. The lowest BCUT2D eigenvalue weighted by Gasteiger charge is -2.28. The van der Waals surface area contributed by atoms with Crippen molar-refractivity contribution in [3.63, 3.8) is 0 Å². The Balaban J connectivity index is 2.09. The standard InChI is InChI=1S/C18H25Cl2NOS/c1-12(11-18(2,3)4)10-15(22)21-8-9-23-17(21)13-6-5-7-14(19)16(13)20/h5-7,12,17H,8-11H2,1-4H3/t12-,17+/m1/s1. The first-order valence-corrected chi connectivity index (χ1v) is 9.84. The lowest BCUT2D eigenvalue weighted by atomic mass is 9.84. The van der Waals surface area contributed by atoms with Gasteiger partial charge >= 0.3 is 0 Å². The Morgan fingerprint density at radius 3 is 2.74 bits per heavy atom. The van der Waals surface area contributed by atoms with Crippen molar-refractivity contribution in [2.24, 2.45) is 11.3 Å². The molecule has 2 atom stereocenters. The summed E-state index contributed by atoms with van der Waals surface area (Å²) in [5, 5.41) is 1.09. The predicted octanol–water partition coefficient (Wildman–Crippen LogP) is 6.03. The second kappa shape index (κ2) is 7.67. The largest absolute Gasteiger partial charge is 0.326 e. The highest BCUT2D eigenvalue weighted by molar-refractivity contribution is 7.99. The van der Waals surface area contributed by atoms with Crippen molar-refractivity contribution in [1.82, 2.24) is 4.90 Å². The lowest BCUT2D eigenvalue weighted by molar-refractivity contribution is -0.132. The highest BCUT2D eigenvalue weighted by atomic mass is 35.5. The number of benzene rings is 1. The minimum Gasteiger partial charge on any atom is -0.326 e. The molecule has 2 rings (SSSR count). The zero-order valence-corrected chi connectivity index (χ0v) is 16.6. The summed E-state index contributed by atoms with van der Waals surface area (Å²) >= 11 is 14.2. The first-order valence-electron chi connectivity index (χ1n) is 8.04. The summed E-state index contributed by atoms with van der Waals surface area (Å²) in [6, 6.07) is 5.65. The average molecular weight is 374 g/mol. The Bertz CT molecular complexity index is 571. The molecule has 1 aliphatic heterocycles. The number of amides is 1. The third-order valence-electron chi connectivity index (χ3n) is 3.94. The molecule has 23 heavy (non-hydrogen) atoms. The van der Waals surface area contributed by atoms with Crippen molar-refractivity contribution in [1.29, 1.82) is 0 Å². The van der Waals surface area contributed by atoms with Crippen LogP contribution in [0.4, 0.5) is 0 Å². The van der Waals surface area contributed by atoms with Gasteiger partial charge in [-0.05, 0) is 23.8 Å². The molecule has 0 saturated carbocycles. The first kappa shape index (κ1) is 19.0. The van der Waals surface area contributed by atoms with E-state index in [0.717, 1.165) is 24.3 Å². The smallest absolute Gasteiger partial charge is 0.224 e. The van der Waals surface area contributed by atoms with Crippen LogP contribution in [0, 0.1) is 11.3 Å². The molecule has 0 spiro atoms. The second-order valence-electron chi connectivity index (χ2n) is 7.53. The van der Waals surface area contributed by atoms with Gasteiger partial charge in [-0.1, -0.05) is 63.0 Å². The van der Waals surface area contributed by atoms with E-state index in [4.69, 9.17) is 23.2 Å². The topological polar surface area (TPSA) is 20.3 Å². The molecule has 1 amide bonds. The molecule has 0 unspecified atom stereocenters. The van der Waals surface area contributed by atoms with E-state index in [-0.39, 0.29) is 16.7 Å². The average Bonchev–Trinajstić information content (AvgIpc) is 2.88. The van der Waals surface area contributed by atoms with Crippen molar-refractivity contribution in [2.45, 2.75) is 45.9 Å². The fourth-order valence-electron chi connectivity index (χ4n) is 3.23. The van der Waals surface area contributed by atoms with E-state index in [1.807, 2.05) is 17.0 Å². The van der Waals surface area contributed by atoms with Crippen LogP contribution in [-0.2, 0) is 4.79 Å². The maximum Gasteiger partial charge on any atom is 0.224 e. The summed E-state index contributed by atoms with van der Waals surface area (Å²) in [5.74, 6) is 1.53. The van der Waals surface area contributed by atoms with Crippen LogP contribution in [0.2, 0.25) is 10.0 Å². The van der Waals surface area contributed by atoms with Gasteiger partial charge in [0.25, 0.3) is 0 Å². The van der Waals surface area contributed by atoms with Crippen molar-refractivity contribution in [3.8, 4) is 0 Å². The monoisotopic (exact) mass is 373 g/mol. The van der Waals surface area contributed by atoms with Crippen molar-refractivity contribution in [2.75, 3.05) is 12.3 Å². The van der Waals surface area contributed by atoms with E-state index < -0.39 is 0 Å². The van der Waals surface area contributed by atoms with Gasteiger partial charge in [0.15, 0.2) is 0 Å². The maximum absolute atomic E-state index is 12.8. The molecule has 1 saturated heterocycles. The number of halogens is 2. The van der Waals surface area contributed by atoms with Gasteiger partial charge in [-0.3, -0.25) is 4.79 Å². The van der Waals surface area contributed by atoms with Gasteiger partial charge in [0.2, 0.25) is 5.91 Å². The molecule has 0 N–H and O–H groups in total. The summed E-state index contributed by atoms with van der Waals surface area (Å²) in [6.45, 7) is 9.59. The molecular weight excluding hydrogens is 349 g/mol. The van der Waals surface area contributed by atoms with Crippen LogP contribution in [0.25, 0.3) is 0 Å². The van der Waals surface area contributed by atoms with Crippen LogP contribution >= 0.6 is 35.0 Å². The summed E-state index contributed by atoms with van der Waals surface area (Å²) in [4.78, 5) is 14.7. The third-order valence-corrected chi connectivity index (χ3v) is 6.02. The van der Waals surface area contributed by atoms with Crippen molar-refractivity contribution in [3.05, 3.63) is 33.8 Å². The molecule has 1 aliphatic rings. The molecule has 0 aromatic heterocycles. The Morgan fingerprint density at radius 1 is 1.39 bits per heavy atom. The minimum atomic E-state index is -0.0180. The Morgan fingerprint density at radius 2 is 2.09 bits per heavy atom. The van der Waals surface area contributed by atoms with Crippen molar-refractivity contribution >= 4 is 40.9 Å². The first-order chi connectivity index (χ1) is 10.7. The number of hydrogen-bond acceptors (Lipinski definition) is 2. The van der Waals surface area contributed by atoms with Crippen LogP contribution in [0.3, 0.4) is 0 Å². The molecular formula is C18H25Cl2NOS. The van der Waals surface area contributed by atoms with Gasteiger partial charge in [0, 0.05) is 24.3 Å². The molecule has 128 valence electrons. The third kappa shape index (κ3) is 5.04. The van der Waals surface area contributed by atoms with Crippen molar-refractivity contribution < 1.29 is 4.79 Å². The number of thioether (sulfide) groups is 1. The SMILES string of the molecule is C[C@H](CC(=O)N1CCS[C@H]1c1cccc(Cl)c1Cl)CC(C)(C)C. The Kier molecular flexibility index (Phi) is 6.32. The molecule has 1 aromatic rings. The zero-order valence-electron chi connectivity index (χ0n) is 14.2. The quantitative estimate of drug-likeness (QED) is 0.641. The minimum absolute atomic E-state index is 0.0180. The van der Waals surface area contributed by atoms with Gasteiger partial charge in [-0.15, -0.1) is 11.8 Å². The van der Waals surface area contributed by atoms with E-state index >= 15 is 0 Å². The molecule has 5 heteroatoms. The van der Waals surface area contributed by atoms with Gasteiger partial charge in [-0.25, -0.2) is 0 Å². The van der Waals surface area contributed by atoms with E-state index in [1.165, 1.54) is 0 Å². The van der Waals surface area contributed by atoms with Crippen LogP contribution in [-0.4, -0.2) is 23.1 Å². The van der Waals surface area contributed by atoms with Gasteiger partial charge in [-0.2, -0.15) is 0 Å². The van der Waals surface area contributed by atoms with Crippen LogP contribution in [0.15, 0.2) is 18.2 Å². The van der Waals surface area contributed by atoms with E-state index in [0.29, 0.717) is 22.4 Å². The fourth-order valence-corrected chi connectivity index (χ4v) is 5.01. The number of hydrogen-bond donors (Lipinski definition) is 0. The zero-order chi connectivity index (χ0) is 17.2. The second-order valence-corrected chi connectivity index (χ2v) is 9.50. The molecule has 2 nitrogen and oxygen atoms in total.